The van der Waals surface area contributed by atoms with Crippen LogP contribution in [0.2, 0.25) is 0 Å². The van der Waals surface area contributed by atoms with Gasteiger partial charge in [-0.15, -0.1) is 4.41 Å². The highest BCUT2D eigenvalue weighted by Gasteiger charge is 2.23. The molecule has 5 nitrogen and oxygen atoms in total. The Bertz CT molecular complexity index is 234. The molecule has 1 fully saturated rings. The third-order valence-corrected chi connectivity index (χ3v) is 3.74. The molecule has 1 aliphatic heterocycles. The monoisotopic (exact) mass is 207 g/mol. The number of unbranched alkanes of at least 4 members (excludes halogenated alkanes) is 2. The van der Waals surface area contributed by atoms with Crippen molar-refractivity contribution in [1.29, 1.82) is 0 Å². The molecule has 0 bridgehead atoms. The van der Waals surface area contributed by atoms with Crippen molar-refractivity contribution in [1.82, 2.24) is 15.4 Å². The summed E-state index contributed by atoms with van der Waals surface area (Å²) in [5.74, 6) is 0.246. The molecule has 0 aromatic carbocycles. The van der Waals surface area contributed by atoms with E-state index < -0.39 is 10.0 Å². The molecule has 6 heteroatoms. The number of sulfonamides is 1. The molecular weight excluding hydrogens is 190 g/mol. The van der Waals surface area contributed by atoms with Gasteiger partial charge in [-0.05, 0) is 6.42 Å². The molecule has 78 valence electrons. The Morgan fingerprint density at radius 1 is 1.38 bits per heavy atom. The first-order valence-electron chi connectivity index (χ1n) is 4.66. The highest BCUT2D eigenvalue weighted by Crippen LogP contribution is 2.04. The zero-order valence-corrected chi connectivity index (χ0v) is 8.73. The molecule has 2 N–H and O–H groups in total. The lowest BCUT2D eigenvalue weighted by Crippen LogP contribution is -2.41. The van der Waals surface area contributed by atoms with Crippen LogP contribution in [0.25, 0.3) is 0 Å². The summed E-state index contributed by atoms with van der Waals surface area (Å²) in [6.45, 7) is 3.25. The Kier molecular flexibility index (Phi) is 4.11. The maximum Gasteiger partial charge on any atom is 0.227 e. The lowest BCUT2D eigenvalue weighted by Gasteiger charge is -2.14. The molecule has 0 amide bonds. The molecule has 0 radical (unpaired) electrons. The van der Waals surface area contributed by atoms with E-state index in [4.69, 9.17) is 0 Å². The summed E-state index contributed by atoms with van der Waals surface area (Å²) in [5, 5.41) is 0. The summed E-state index contributed by atoms with van der Waals surface area (Å²) in [6, 6.07) is 0. The van der Waals surface area contributed by atoms with Crippen LogP contribution in [0, 0.1) is 0 Å². The quantitative estimate of drug-likeness (QED) is 0.615. The summed E-state index contributed by atoms with van der Waals surface area (Å²) in [5.41, 5.74) is 5.38. The van der Waals surface area contributed by atoms with Crippen molar-refractivity contribution in [2.45, 2.75) is 26.2 Å². The first-order valence-corrected chi connectivity index (χ1v) is 6.26. The van der Waals surface area contributed by atoms with E-state index in [1.54, 1.807) is 0 Å². The summed E-state index contributed by atoms with van der Waals surface area (Å²) in [7, 11) is -3.07. The number of nitrogens with zero attached hydrogens (tertiary/aromatic N) is 1. The maximum atomic E-state index is 11.5. The van der Waals surface area contributed by atoms with E-state index in [0.29, 0.717) is 13.1 Å². The number of hydrogen-bond donors (Lipinski definition) is 2. The molecule has 1 aliphatic rings. The van der Waals surface area contributed by atoms with Crippen molar-refractivity contribution >= 4 is 10.0 Å². The summed E-state index contributed by atoms with van der Waals surface area (Å²) in [4.78, 5) is 0. The van der Waals surface area contributed by atoms with Crippen LogP contribution in [0.1, 0.15) is 26.2 Å². The number of hydrazine groups is 2. The van der Waals surface area contributed by atoms with Gasteiger partial charge in [0.25, 0.3) is 0 Å². The van der Waals surface area contributed by atoms with E-state index in [1.165, 1.54) is 4.41 Å². The first kappa shape index (κ1) is 10.9. The van der Waals surface area contributed by atoms with Gasteiger partial charge in [-0.1, -0.05) is 19.8 Å². The van der Waals surface area contributed by atoms with Gasteiger partial charge in [0, 0.05) is 13.1 Å². The fourth-order valence-electron chi connectivity index (χ4n) is 1.21. The van der Waals surface area contributed by atoms with Gasteiger partial charge >= 0.3 is 0 Å². The fourth-order valence-corrected chi connectivity index (χ4v) is 2.57. The normalized spacial score (nSPS) is 19.5. The molecule has 1 saturated heterocycles. The number of nitrogens with one attached hydrogen (secondary N) is 2. The van der Waals surface area contributed by atoms with Crippen LogP contribution in [0.4, 0.5) is 0 Å². The van der Waals surface area contributed by atoms with E-state index >= 15 is 0 Å². The average Bonchev–Trinajstić information content (AvgIpc) is 2.56. The van der Waals surface area contributed by atoms with Gasteiger partial charge in [-0.2, -0.15) is 5.53 Å². The molecular formula is C7H17N3O2S. The molecule has 1 rings (SSSR count). The Labute approximate surface area is 79.5 Å². The zero-order chi connectivity index (χ0) is 9.73. The highest BCUT2D eigenvalue weighted by molar-refractivity contribution is 7.89. The van der Waals surface area contributed by atoms with Gasteiger partial charge in [-0.3, -0.25) is 0 Å². The molecule has 13 heavy (non-hydrogen) atoms. The Balaban J connectivity index is 2.36. The second-order valence-corrected chi connectivity index (χ2v) is 5.15. The van der Waals surface area contributed by atoms with Crippen molar-refractivity contribution in [2.24, 2.45) is 0 Å². The fraction of sp³-hybridized carbons (Fsp3) is 1.00. The second-order valence-electron chi connectivity index (χ2n) is 3.13. The molecule has 0 aromatic heterocycles. The van der Waals surface area contributed by atoms with Crippen LogP contribution in [0.5, 0.6) is 0 Å². The van der Waals surface area contributed by atoms with Crippen molar-refractivity contribution in [3.63, 3.8) is 0 Å². The minimum Gasteiger partial charge on any atom is -0.242 e. The predicted molar refractivity (Wildman–Crippen MR) is 51.2 cm³/mol. The van der Waals surface area contributed by atoms with Crippen LogP contribution in [0.15, 0.2) is 0 Å². The topological polar surface area (TPSA) is 61.4 Å². The molecule has 1 heterocycles. The van der Waals surface area contributed by atoms with Crippen molar-refractivity contribution < 1.29 is 8.42 Å². The van der Waals surface area contributed by atoms with Gasteiger partial charge in [-0.25, -0.2) is 13.8 Å². The summed E-state index contributed by atoms with van der Waals surface area (Å²) < 4.78 is 24.3. The van der Waals surface area contributed by atoms with E-state index in [1.807, 2.05) is 0 Å². The standard InChI is InChI=1S/C7H17N3O2S/c1-2-3-4-7-13(11,12)10-6-5-8-9-10/h8-9H,2-7H2,1H3. The average molecular weight is 207 g/mol. The SMILES string of the molecule is CCCCCS(=O)(=O)N1CCNN1. The Morgan fingerprint density at radius 3 is 2.69 bits per heavy atom. The molecule has 0 unspecified atom stereocenters. The zero-order valence-electron chi connectivity index (χ0n) is 7.91. The number of rotatable bonds is 5. The molecule has 0 aliphatic carbocycles. The smallest absolute Gasteiger partial charge is 0.227 e. The molecule has 0 saturated carbocycles. The van der Waals surface area contributed by atoms with Gasteiger partial charge in [0.1, 0.15) is 0 Å². The summed E-state index contributed by atoms with van der Waals surface area (Å²) >= 11 is 0. The third kappa shape index (κ3) is 3.22. The highest BCUT2D eigenvalue weighted by atomic mass is 32.2. The van der Waals surface area contributed by atoms with Crippen LogP contribution in [-0.4, -0.2) is 31.7 Å². The van der Waals surface area contributed by atoms with Crippen molar-refractivity contribution in [2.75, 3.05) is 18.8 Å². The second kappa shape index (κ2) is 4.90. The minimum absolute atomic E-state index is 0.246. The lowest BCUT2D eigenvalue weighted by atomic mass is 10.3. The minimum atomic E-state index is -3.07. The Morgan fingerprint density at radius 2 is 2.15 bits per heavy atom. The largest absolute Gasteiger partial charge is 0.242 e. The van der Waals surface area contributed by atoms with Gasteiger partial charge in [0.05, 0.1) is 5.75 Å². The Hall–Kier alpha value is -0.170. The van der Waals surface area contributed by atoms with Crippen molar-refractivity contribution in [3.05, 3.63) is 0 Å². The third-order valence-electron chi connectivity index (χ3n) is 1.99. The lowest BCUT2D eigenvalue weighted by molar-refractivity contribution is 0.369. The van der Waals surface area contributed by atoms with Gasteiger partial charge in [0.15, 0.2) is 0 Å². The van der Waals surface area contributed by atoms with Gasteiger partial charge in [0.2, 0.25) is 10.0 Å². The molecule has 0 aromatic rings. The van der Waals surface area contributed by atoms with Crippen LogP contribution in [-0.2, 0) is 10.0 Å². The van der Waals surface area contributed by atoms with Crippen LogP contribution < -0.4 is 11.0 Å². The van der Waals surface area contributed by atoms with E-state index in [0.717, 1.165) is 19.3 Å². The number of hydrogen-bond acceptors (Lipinski definition) is 4. The van der Waals surface area contributed by atoms with Crippen LogP contribution >= 0.6 is 0 Å². The predicted octanol–water partition coefficient (Wildman–Crippen LogP) is -0.169. The summed E-state index contributed by atoms with van der Waals surface area (Å²) in [6.07, 6.45) is 2.76. The van der Waals surface area contributed by atoms with Crippen LogP contribution in [0.3, 0.4) is 0 Å². The molecule has 0 spiro atoms. The first-order chi connectivity index (χ1) is 6.17. The van der Waals surface area contributed by atoms with E-state index in [9.17, 15) is 8.42 Å². The molecule has 0 atom stereocenters. The maximum absolute atomic E-state index is 11.5. The van der Waals surface area contributed by atoms with Gasteiger partial charge < -0.3 is 0 Å². The van der Waals surface area contributed by atoms with Crippen molar-refractivity contribution in [3.8, 4) is 0 Å². The van der Waals surface area contributed by atoms with E-state index in [2.05, 4.69) is 17.9 Å². The van der Waals surface area contributed by atoms with E-state index in [-0.39, 0.29) is 5.75 Å².